The Morgan fingerprint density at radius 3 is 2.91 bits per heavy atom. The van der Waals surface area contributed by atoms with Crippen LogP contribution < -0.4 is 5.73 Å². The van der Waals surface area contributed by atoms with Gasteiger partial charge in [0.2, 0.25) is 0 Å². The maximum absolute atomic E-state index is 5.63. The van der Waals surface area contributed by atoms with E-state index in [1.807, 2.05) is 19.4 Å². The monoisotopic (exact) mass is 153 g/mol. The lowest BCUT2D eigenvalue weighted by Gasteiger charge is -1.99. The van der Waals surface area contributed by atoms with Crippen molar-refractivity contribution in [2.75, 3.05) is 0 Å². The van der Waals surface area contributed by atoms with Crippen LogP contribution in [0.3, 0.4) is 0 Å². The van der Waals surface area contributed by atoms with E-state index >= 15 is 0 Å². The Labute approximate surface area is 67.2 Å². The summed E-state index contributed by atoms with van der Waals surface area (Å²) in [5.74, 6) is 0. The second-order valence-electron chi connectivity index (χ2n) is 2.88. The maximum Gasteiger partial charge on any atom is 0.0949 e. The molecule has 0 saturated carbocycles. The maximum atomic E-state index is 5.63. The summed E-state index contributed by atoms with van der Waals surface area (Å²) < 4.78 is 2.05. The molecule has 62 valence electrons. The molecule has 0 aliphatic carbocycles. The molecule has 0 aliphatic rings. The number of imidazole rings is 1. The van der Waals surface area contributed by atoms with Crippen molar-refractivity contribution >= 4 is 0 Å². The smallest absolute Gasteiger partial charge is 0.0949 e. The van der Waals surface area contributed by atoms with Gasteiger partial charge < -0.3 is 10.3 Å². The van der Waals surface area contributed by atoms with Crippen LogP contribution in [0, 0.1) is 0 Å². The van der Waals surface area contributed by atoms with Gasteiger partial charge in [-0.05, 0) is 13.8 Å². The summed E-state index contributed by atoms with van der Waals surface area (Å²) in [6, 6.07) is 0.204. The summed E-state index contributed by atoms with van der Waals surface area (Å²) in [6.07, 6.45) is 4.76. The quantitative estimate of drug-likeness (QED) is 0.697. The van der Waals surface area contributed by atoms with Crippen molar-refractivity contribution in [1.82, 2.24) is 9.55 Å². The molecule has 0 bridgehead atoms. The van der Waals surface area contributed by atoms with Crippen molar-refractivity contribution in [3.05, 3.63) is 18.2 Å². The first kappa shape index (κ1) is 8.27. The third-order valence-corrected chi connectivity index (χ3v) is 1.58. The minimum absolute atomic E-state index is 0.204. The van der Waals surface area contributed by atoms with Crippen LogP contribution in [0.25, 0.3) is 0 Å². The molecule has 1 atom stereocenters. The minimum Gasteiger partial charge on any atom is -0.337 e. The number of rotatable bonds is 3. The minimum atomic E-state index is 0.204. The molecule has 3 heteroatoms. The fraction of sp³-hybridized carbons (Fsp3) is 0.625. The van der Waals surface area contributed by atoms with E-state index in [1.54, 1.807) is 0 Å². The van der Waals surface area contributed by atoms with Crippen LogP contribution in [0.5, 0.6) is 0 Å². The third-order valence-electron chi connectivity index (χ3n) is 1.58. The van der Waals surface area contributed by atoms with Gasteiger partial charge in [-0.2, -0.15) is 0 Å². The summed E-state index contributed by atoms with van der Waals surface area (Å²) in [5.41, 5.74) is 6.71. The molecule has 1 heterocycles. The molecular formula is C8H15N3. The fourth-order valence-electron chi connectivity index (χ4n) is 1.01. The molecule has 0 aliphatic heterocycles. The molecule has 0 spiro atoms. The number of hydrogen-bond acceptors (Lipinski definition) is 2. The molecule has 0 amide bonds. The molecule has 0 radical (unpaired) electrons. The topological polar surface area (TPSA) is 43.8 Å². The van der Waals surface area contributed by atoms with Crippen LogP contribution in [-0.4, -0.2) is 15.6 Å². The first-order valence-corrected chi connectivity index (χ1v) is 3.98. The highest BCUT2D eigenvalue weighted by Crippen LogP contribution is 1.98. The highest BCUT2D eigenvalue weighted by Gasteiger charge is 1.99. The molecular weight excluding hydrogens is 138 g/mol. The zero-order valence-electron chi connectivity index (χ0n) is 7.12. The van der Waals surface area contributed by atoms with Crippen molar-refractivity contribution in [2.24, 2.45) is 5.73 Å². The Balaban J connectivity index is 2.58. The lowest BCUT2D eigenvalue weighted by Crippen LogP contribution is -2.17. The van der Waals surface area contributed by atoms with Gasteiger partial charge in [-0.15, -0.1) is 0 Å². The number of hydrogen-bond donors (Lipinski definition) is 1. The number of nitrogens with two attached hydrogens (primary N) is 1. The van der Waals surface area contributed by atoms with E-state index in [2.05, 4.69) is 16.5 Å². The second-order valence-corrected chi connectivity index (χ2v) is 2.88. The van der Waals surface area contributed by atoms with Gasteiger partial charge in [0, 0.05) is 25.2 Å². The average Bonchev–Trinajstić information content (AvgIpc) is 2.34. The van der Waals surface area contributed by atoms with Gasteiger partial charge in [0.05, 0.1) is 12.0 Å². The third kappa shape index (κ3) is 2.35. The Hall–Kier alpha value is -0.830. The number of aromatic nitrogens is 2. The average molecular weight is 153 g/mol. The summed E-state index contributed by atoms with van der Waals surface area (Å²) >= 11 is 0. The Kier molecular flexibility index (Phi) is 2.65. The van der Waals surface area contributed by atoms with Gasteiger partial charge in [0.25, 0.3) is 0 Å². The molecule has 1 rings (SSSR count). The van der Waals surface area contributed by atoms with Gasteiger partial charge in [-0.3, -0.25) is 0 Å². The fourth-order valence-corrected chi connectivity index (χ4v) is 1.01. The van der Waals surface area contributed by atoms with Gasteiger partial charge in [0.1, 0.15) is 0 Å². The van der Waals surface area contributed by atoms with E-state index in [9.17, 15) is 0 Å². The normalized spacial score (nSPS) is 13.4. The SMILES string of the molecule is CCn1cnc(CC(C)N)c1. The predicted octanol–water partition coefficient (Wildman–Crippen LogP) is 0.793. The van der Waals surface area contributed by atoms with Crippen molar-refractivity contribution in [3.8, 4) is 0 Å². The summed E-state index contributed by atoms with van der Waals surface area (Å²) in [4.78, 5) is 4.21. The van der Waals surface area contributed by atoms with E-state index in [-0.39, 0.29) is 6.04 Å². The summed E-state index contributed by atoms with van der Waals surface area (Å²) in [7, 11) is 0. The molecule has 0 fully saturated rings. The highest BCUT2D eigenvalue weighted by molar-refractivity contribution is 4.98. The highest BCUT2D eigenvalue weighted by atomic mass is 15.0. The van der Waals surface area contributed by atoms with Crippen molar-refractivity contribution in [2.45, 2.75) is 32.9 Å². The van der Waals surface area contributed by atoms with Crippen molar-refractivity contribution in [3.63, 3.8) is 0 Å². The molecule has 1 aromatic rings. The zero-order chi connectivity index (χ0) is 8.27. The van der Waals surface area contributed by atoms with Crippen LogP contribution in [0.2, 0.25) is 0 Å². The van der Waals surface area contributed by atoms with Crippen LogP contribution in [0.4, 0.5) is 0 Å². The first-order chi connectivity index (χ1) is 5.22. The van der Waals surface area contributed by atoms with Gasteiger partial charge in [-0.1, -0.05) is 0 Å². The van der Waals surface area contributed by atoms with Crippen molar-refractivity contribution < 1.29 is 0 Å². The van der Waals surface area contributed by atoms with E-state index in [0.717, 1.165) is 18.7 Å². The summed E-state index contributed by atoms with van der Waals surface area (Å²) in [5, 5.41) is 0. The molecule has 2 N–H and O–H groups in total. The van der Waals surface area contributed by atoms with E-state index in [1.165, 1.54) is 0 Å². The Bertz CT molecular complexity index is 215. The van der Waals surface area contributed by atoms with Crippen LogP contribution >= 0.6 is 0 Å². The van der Waals surface area contributed by atoms with E-state index in [0.29, 0.717) is 0 Å². The lowest BCUT2D eigenvalue weighted by molar-refractivity contribution is 0.721. The number of aryl methyl sites for hydroxylation is 1. The second kappa shape index (κ2) is 3.53. The predicted molar refractivity (Wildman–Crippen MR) is 45.3 cm³/mol. The molecule has 3 nitrogen and oxygen atoms in total. The largest absolute Gasteiger partial charge is 0.337 e. The standard InChI is InChI=1S/C8H15N3/c1-3-11-5-8(10-6-11)4-7(2)9/h5-7H,3-4,9H2,1-2H3. The van der Waals surface area contributed by atoms with E-state index in [4.69, 9.17) is 5.73 Å². The van der Waals surface area contributed by atoms with Crippen LogP contribution in [-0.2, 0) is 13.0 Å². The summed E-state index contributed by atoms with van der Waals surface area (Å²) in [6.45, 7) is 5.06. The molecule has 1 unspecified atom stereocenters. The zero-order valence-corrected chi connectivity index (χ0v) is 7.12. The van der Waals surface area contributed by atoms with Gasteiger partial charge in [-0.25, -0.2) is 4.98 Å². The van der Waals surface area contributed by atoms with Crippen LogP contribution in [0.1, 0.15) is 19.5 Å². The molecule has 0 aromatic carbocycles. The lowest BCUT2D eigenvalue weighted by atomic mass is 10.2. The molecule has 1 aromatic heterocycles. The van der Waals surface area contributed by atoms with Gasteiger partial charge >= 0.3 is 0 Å². The molecule has 11 heavy (non-hydrogen) atoms. The van der Waals surface area contributed by atoms with Crippen molar-refractivity contribution in [1.29, 1.82) is 0 Å². The molecule has 0 saturated heterocycles. The van der Waals surface area contributed by atoms with Crippen LogP contribution in [0.15, 0.2) is 12.5 Å². The van der Waals surface area contributed by atoms with Gasteiger partial charge in [0.15, 0.2) is 0 Å². The van der Waals surface area contributed by atoms with E-state index < -0.39 is 0 Å². The first-order valence-electron chi connectivity index (χ1n) is 3.98. The number of nitrogens with zero attached hydrogens (tertiary/aromatic N) is 2. The Morgan fingerprint density at radius 2 is 2.45 bits per heavy atom. The Morgan fingerprint density at radius 1 is 1.73 bits per heavy atom.